The smallest absolute Gasteiger partial charge is 0.103 e. The van der Waals surface area contributed by atoms with Crippen LogP contribution in [0.3, 0.4) is 0 Å². The first-order valence-electron chi connectivity index (χ1n) is 4.49. The van der Waals surface area contributed by atoms with Crippen molar-refractivity contribution < 1.29 is 5.48 Å². The number of aromatic nitrogens is 1. The Labute approximate surface area is 98.3 Å². The first kappa shape index (κ1) is 12.1. The van der Waals surface area contributed by atoms with Crippen molar-refractivity contribution in [3.8, 4) is 17.3 Å². The summed E-state index contributed by atoms with van der Waals surface area (Å²) >= 11 is 5.04. The molecule has 0 radical (unpaired) electrons. The molecule has 4 heteroatoms. The van der Waals surface area contributed by atoms with E-state index in [0.717, 1.165) is 11.3 Å². The van der Waals surface area contributed by atoms with Gasteiger partial charge < -0.3 is 10.5 Å². The van der Waals surface area contributed by atoms with Crippen molar-refractivity contribution in [2.24, 2.45) is 0 Å². The van der Waals surface area contributed by atoms with Crippen LogP contribution < -0.4 is 0 Å². The molecule has 0 spiro atoms. The van der Waals surface area contributed by atoms with E-state index < -0.39 is 0 Å². The van der Waals surface area contributed by atoms with Gasteiger partial charge in [0.2, 0.25) is 0 Å². The van der Waals surface area contributed by atoms with Crippen molar-refractivity contribution in [1.82, 2.24) is 4.98 Å². The molecule has 1 aromatic carbocycles. The van der Waals surface area contributed by atoms with Gasteiger partial charge in [-0.1, -0.05) is 30.4 Å². The molecule has 80 valence electrons. The summed E-state index contributed by atoms with van der Waals surface area (Å²) in [5, 5.41) is 8.67. The minimum absolute atomic E-state index is 0. The topological polar surface area (TPSA) is 71.1 Å². The number of nitrogens with one attached hydrogen (secondary N) is 1. The minimum Gasteiger partial charge on any atom is -0.412 e. The molecule has 0 aliphatic rings. The lowest BCUT2D eigenvalue weighted by Crippen LogP contribution is -1.83. The van der Waals surface area contributed by atoms with E-state index in [1.54, 1.807) is 12.1 Å². The molecule has 1 aromatic heterocycles. The van der Waals surface area contributed by atoms with Gasteiger partial charge in [-0.3, -0.25) is 0 Å². The van der Waals surface area contributed by atoms with Gasteiger partial charge in [-0.2, -0.15) is 5.26 Å². The maximum Gasteiger partial charge on any atom is 0.103 e. The molecule has 2 aromatic rings. The Morgan fingerprint density at radius 2 is 1.75 bits per heavy atom. The quantitative estimate of drug-likeness (QED) is 0.764. The van der Waals surface area contributed by atoms with Crippen molar-refractivity contribution in [3.05, 3.63) is 52.7 Å². The fourth-order valence-electron chi connectivity index (χ4n) is 1.34. The zero-order valence-electron chi connectivity index (χ0n) is 8.40. The molecule has 3 nitrogen and oxygen atoms in total. The molecule has 1 heterocycles. The first-order valence-corrected chi connectivity index (χ1v) is 4.90. The van der Waals surface area contributed by atoms with Crippen molar-refractivity contribution in [2.75, 3.05) is 0 Å². The summed E-state index contributed by atoms with van der Waals surface area (Å²) in [6, 6.07) is 15.2. The summed E-state index contributed by atoms with van der Waals surface area (Å²) < 4.78 is 0.705. The highest BCUT2D eigenvalue weighted by Gasteiger charge is 1.96. The standard InChI is InChI=1S/C12H8N2S.H2O/c13-8-9-4-6-10(7-5-9)11-2-1-3-12(15)14-11;/h1-7H,(H,14,15);1H2. The summed E-state index contributed by atoms with van der Waals surface area (Å²) in [6.45, 7) is 0. The largest absolute Gasteiger partial charge is 0.412 e. The molecule has 2 rings (SSSR count). The molecule has 3 N–H and O–H groups in total. The van der Waals surface area contributed by atoms with Crippen molar-refractivity contribution in [3.63, 3.8) is 0 Å². The molecule has 0 fully saturated rings. The Balaban J connectivity index is 0.00000128. The normalized spacial score (nSPS) is 8.94. The van der Waals surface area contributed by atoms with Crippen molar-refractivity contribution in [2.45, 2.75) is 0 Å². The molecule has 0 saturated carbocycles. The maximum atomic E-state index is 8.67. The second-order valence-corrected chi connectivity index (χ2v) is 3.56. The van der Waals surface area contributed by atoms with Crippen LogP contribution in [0.4, 0.5) is 0 Å². The van der Waals surface area contributed by atoms with Gasteiger partial charge in [0.05, 0.1) is 11.6 Å². The minimum atomic E-state index is 0. The Kier molecular flexibility index (Phi) is 3.95. The third kappa shape index (κ3) is 2.54. The molecule has 0 aliphatic heterocycles. The van der Waals surface area contributed by atoms with E-state index in [0.29, 0.717) is 10.2 Å². The van der Waals surface area contributed by atoms with Crippen LogP contribution in [0.2, 0.25) is 0 Å². The first-order chi connectivity index (χ1) is 7.29. The summed E-state index contributed by atoms with van der Waals surface area (Å²) in [5.41, 5.74) is 2.65. The van der Waals surface area contributed by atoms with Crippen LogP contribution in [0.1, 0.15) is 5.56 Å². The van der Waals surface area contributed by atoms with Crippen LogP contribution >= 0.6 is 12.2 Å². The zero-order valence-corrected chi connectivity index (χ0v) is 9.21. The van der Waals surface area contributed by atoms with E-state index in [1.807, 2.05) is 30.3 Å². The van der Waals surface area contributed by atoms with E-state index in [2.05, 4.69) is 11.1 Å². The molecule has 0 atom stereocenters. The highest BCUT2D eigenvalue weighted by Crippen LogP contribution is 2.16. The predicted octanol–water partition coefficient (Wildman–Crippen LogP) is 2.46. The van der Waals surface area contributed by atoms with E-state index in [9.17, 15) is 0 Å². The van der Waals surface area contributed by atoms with Gasteiger partial charge in [0, 0.05) is 5.69 Å². The Bertz CT molecular complexity index is 567. The fraction of sp³-hybridized carbons (Fsp3) is 0. The monoisotopic (exact) mass is 230 g/mol. The second kappa shape index (κ2) is 5.21. The molecular formula is C12H10N2OS. The summed E-state index contributed by atoms with van der Waals surface area (Å²) in [6.07, 6.45) is 0. The van der Waals surface area contributed by atoms with Crippen molar-refractivity contribution >= 4 is 12.2 Å². The Morgan fingerprint density at radius 1 is 1.06 bits per heavy atom. The van der Waals surface area contributed by atoms with Gasteiger partial charge in [0.15, 0.2) is 0 Å². The average molecular weight is 230 g/mol. The van der Waals surface area contributed by atoms with E-state index >= 15 is 0 Å². The lowest BCUT2D eigenvalue weighted by atomic mass is 10.1. The van der Waals surface area contributed by atoms with Crippen LogP contribution in [0.5, 0.6) is 0 Å². The SMILES string of the molecule is N#Cc1ccc(-c2cccc(=S)[nH]2)cc1.O. The number of nitriles is 1. The molecule has 0 aliphatic carbocycles. The number of rotatable bonds is 1. The number of nitrogens with zero attached hydrogens (tertiary/aromatic N) is 1. The van der Waals surface area contributed by atoms with E-state index in [4.69, 9.17) is 17.5 Å². The van der Waals surface area contributed by atoms with Gasteiger partial charge in [-0.15, -0.1) is 0 Å². The van der Waals surface area contributed by atoms with Crippen molar-refractivity contribution in [1.29, 1.82) is 5.26 Å². The van der Waals surface area contributed by atoms with Crippen LogP contribution in [0.15, 0.2) is 42.5 Å². The van der Waals surface area contributed by atoms with E-state index in [-0.39, 0.29) is 5.48 Å². The highest BCUT2D eigenvalue weighted by molar-refractivity contribution is 7.71. The molecule has 0 unspecified atom stereocenters. The fourth-order valence-corrected chi connectivity index (χ4v) is 1.53. The van der Waals surface area contributed by atoms with Crippen LogP contribution in [-0.2, 0) is 0 Å². The summed E-state index contributed by atoms with van der Waals surface area (Å²) in [4.78, 5) is 3.09. The summed E-state index contributed by atoms with van der Waals surface area (Å²) in [5.74, 6) is 0. The average Bonchev–Trinajstić information content (AvgIpc) is 2.29. The van der Waals surface area contributed by atoms with Gasteiger partial charge in [0.25, 0.3) is 0 Å². The lowest BCUT2D eigenvalue weighted by molar-refractivity contribution is 0.824. The Morgan fingerprint density at radius 3 is 2.31 bits per heavy atom. The molecule has 0 saturated heterocycles. The van der Waals surface area contributed by atoms with Gasteiger partial charge in [-0.25, -0.2) is 0 Å². The summed E-state index contributed by atoms with van der Waals surface area (Å²) in [7, 11) is 0. The Hall–Kier alpha value is -1.96. The number of H-pyrrole nitrogens is 1. The third-order valence-corrected chi connectivity index (χ3v) is 2.33. The number of pyridine rings is 1. The van der Waals surface area contributed by atoms with Gasteiger partial charge in [-0.05, 0) is 29.8 Å². The molecule has 0 bridgehead atoms. The van der Waals surface area contributed by atoms with Crippen LogP contribution in [0.25, 0.3) is 11.3 Å². The van der Waals surface area contributed by atoms with Gasteiger partial charge in [0.1, 0.15) is 4.64 Å². The van der Waals surface area contributed by atoms with Crippen LogP contribution in [0, 0.1) is 16.0 Å². The predicted molar refractivity (Wildman–Crippen MR) is 65.4 cm³/mol. The highest BCUT2D eigenvalue weighted by atomic mass is 32.1. The maximum absolute atomic E-state index is 8.67. The number of hydrogen-bond donors (Lipinski definition) is 1. The zero-order chi connectivity index (χ0) is 10.7. The lowest BCUT2D eigenvalue weighted by Gasteiger charge is -2.00. The molecule has 0 amide bonds. The molecular weight excluding hydrogens is 220 g/mol. The van der Waals surface area contributed by atoms with Crippen LogP contribution in [-0.4, -0.2) is 10.5 Å². The second-order valence-electron chi connectivity index (χ2n) is 3.12. The number of benzene rings is 1. The van der Waals surface area contributed by atoms with E-state index in [1.165, 1.54) is 0 Å². The third-order valence-electron chi connectivity index (χ3n) is 2.09. The number of aromatic amines is 1. The van der Waals surface area contributed by atoms with Gasteiger partial charge >= 0.3 is 0 Å². The molecule has 16 heavy (non-hydrogen) atoms. The number of hydrogen-bond acceptors (Lipinski definition) is 2.